The highest BCUT2D eigenvalue weighted by Gasteiger charge is 2.21. The van der Waals surface area contributed by atoms with E-state index in [0.29, 0.717) is 13.1 Å². The van der Waals surface area contributed by atoms with E-state index in [4.69, 9.17) is 10.5 Å². The van der Waals surface area contributed by atoms with Crippen molar-refractivity contribution in [1.82, 2.24) is 5.32 Å². The summed E-state index contributed by atoms with van der Waals surface area (Å²) < 4.78 is 5.48. The van der Waals surface area contributed by atoms with Gasteiger partial charge in [-0.1, -0.05) is 18.2 Å². The van der Waals surface area contributed by atoms with Crippen molar-refractivity contribution in [3.05, 3.63) is 29.8 Å². The average Bonchev–Trinajstić information content (AvgIpc) is 2.39. The van der Waals surface area contributed by atoms with E-state index in [0.717, 1.165) is 11.3 Å². The number of nitrogens with two attached hydrogens (primary N) is 1. The molecule has 0 fully saturated rings. The number of hydrogen-bond donors (Lipinski definition) is 2. The van der Waals surface area contributed by atoms with Crippen LogP contribution in [-0.4, -0.2) is 18.6 Å². The standard InChI is InChI=1S/C10H12N2O2/c11-10(13)9-6-12-5-7-3-1-2-4-8(7)14-9/h1-4,9,12H,5-6H2,(H2,11,13). The molecule has 0 aromatic heterocycles. The van der Waals surface area contributed by atoms with Crippen LogP contribution in [0, 0.1) is 0 Å². The number of primary amides is 1. The highest BCUT2D eigenvalue weighted by molar-refractivity contribution is 5.79. The van der Waals surface area contributed by atoms with Crippen LogP contribution in [0.4, 0.5) is 0 Å². The van der Waals surface area contributed by atoms with Crippen LogP contribution in [0.1, 0.15) is 5.56 Å². The Morgan fingerprint density at radius 3 is 3.07 bits per heavy atom. The second-order valence-electron chi connectivity index (χ2n) is 3.25. The van der Waals surface area contributed by atoms with Gasteiger partial charge in [0.25, 0.3) is 5.91 Å². The first-order valence-electron chi connectivity index (χ1n) is 4.52. The lowest BCUT2D eigenvalue weighted by Crippen LogP contribution is -2.40. The lowest BCUT2D eigenvalue weighted by Gasteiger charge is -2.12. The summed E-state index contributed by atoms with van der Waals surface area (Å²) in [5.41, 5.74) is 6.24. The van der Waals surface area contributed by atoms with Crippen LogP contribution < -0.4 is 15.8 Å². The van der Waals surface area contributed by atoms with Gasteiger partial charge >= 0.3 is 0 Å². The Hall–Kier alpha value is -1.55. The van der Waals surface area contributed by atoms with E-state index in [1.807, 2.05) is 24.3 Å². The van der Waals surface area contributed by atoms with E-state index in [1.165, 1.54) is 0 Å². The zero-order valence-electron chi connectivity index (χ0n) is 7.69. The van der Waals surface area contributed by atoms with Crippen molar-refractivity contribution in [2.45, 2.75) is 12.6 Å². The topological polar surface area (TPSA) is 64.4 Å². The zero-order valence-corrected chi connectivity index (χ0v) is 7.69. The minimum Gasteiger partial charge on any atom is -0.479 e. The summed E-state index contributed by atoms with van der Waals surface area (Å²) in [5, 5.41) is 3.11. The Balaban J connectivity index is 2.26. The van der Waals surface area contributed by atoms with Crippen molar-refractivity contribution in [3.8, 4) is 5.75 Å². The van der Waals surface area contributed by atoms with E-state index in [1.54, 1.807) is 0 Å². The fourth-order valence-electron chi connectivity index (χ4n) is 1.46. The summed E-state index contributed by atoms with van der Waals surface area (Å²) in [5.74, 6) is 0.301. The normalized spacial score (nSPS) is 20.4. The lowest BCUT2D eigenvalue weighted by molar-refractivity contribution is -0.124. The maximum absolute atomic E-state index is 11.0. The van der Waals surface area contributed by atoms with Crippen molar-refractivity contribution in [2.24, 2.45) is 5.73 Å². The first kappa shape index (κ1) is 9.02. The van der Waals surface area contributed by atoms with Gasteiger partial charge in [0.1, 0.15) is 5.75 Å². The Morgan fingerprint density at radius 2 is 2.29 bits per heavy atom. The second kappa shape index (κ2) is 3.67. The highest BCUT2D eigenvalue weighted by atomic mass is 16.5. The molecule has 1 atom stereocenters. The van der Waals surface area contributed by atoms with Gasteiger partial charge in [-0.3, -0.25) is 4.79 Å². The molecule has 0 aliphatic carbocycles. The summed E-state index contributed by atoms with van der Waals surface area (Å²) >= 11 is 0. The van der Waals surface area contributed by atoms with E-state index < -0.39 is 12.0 Å². The summed E-state index contributed by atoms with van der Waals surface area (Å²) in [6, 6.07) is 7.63. The smallest absolute Gasteiger partial charge is 0.259 e. The number of fused-ring (bicyclic) bond motifs is 1. The predicted octanol–water partition coefficient (Wildman–Crippen LogP) is 0.0225. The zero-order chi connectivity index (χ0) is 9.97. The molecule has 0 saturated carbocycles. The summed E-state index contributed by atoms with van der Waals surface area (Å²) in [6.45, 7) is 1.17. The van der Waals surface area contributed by atoms with Gasteiger partial charge in [-0.05, 0) is 6.07 Å². The molecule has 4 heteroatoms. The van der Waals surface area contributed by atoms with Crippen LogP contribution >= 0.6 is 0 Å². The number of benzene rings is 1. The van der Waals surface area contributed by atoms with Gasteiger partial charge in [0, 0.05) is 18.7 Å². The van der Waals surface area contributed by atoms with Crippen LogP contribution in [0.2, 0.25) is 0 Å². The molecule has 1 amide bonds. The predicted molar refractivity (Wildman–Crippen MR) is 51.8 cm³/mol. The summed E-state index contributed by atoms with van der Waals surface area (Å²) in [6.07, 6.45) is -0.571. The third-order valence-corrected chi connectivity index (χ3v) is 2.20. The van der Waals surface area contributed by atoms with Gasteiger partial charge in [0.2, 0.25) is 0 Å². The quantitative estimate of drug-likeness (QED) is 0.659. The highest BCUT2D eigenvalue weighted by Crippen LogP contribution is 2.20. The van der Waals surface area contributed by atoms with E-state index >= 15 is 0 Å². The van der Waals surface area contributed by atoms with Gasteiger partial charge in [0.15, 0.2) is 6.10 Å². The van der Waals surface area contributed by atoms with Crippen molar-refractivity contribution in [1.29, 1.82) is 0 Å². The molecule has 0 saturated heterocycles. The van der Waals surface area contributed by atoms with E-state index in [2.05, 4.69) is 5.32 Å². The summed E-state index contributed by atoms with van der Waals surface area (Å²) in [4.78, 5) is 11.0. The average molecular weight is 192 g/mol. The summed E-state index contributed by atoms with van der Waals surface area (Å²) in [7, 11) is 0. The molecule has 1 aliphatic rings. The van der Waals surface area contributed by atoms with E-state index in [9.17, 15) is 4.79 Å². The Labute approximate surface area is 82.1 Å². The van der Waals surface area contributed by atoms with Crippen LogP contribution in [-0.2, 0) is 11.3 Å². The van der Waals surface area contributed by atoms with Gasteiger partial charge in [-0.2, -0.15) is 0 Å². The van der Waals surface area contributed by atoms with Crippen molar-refractivity contribution >= 4 is 5.91 Å². The van der Waals surface area contributed by atoms with Crippen LogP contribution in [0.25, 0.3) is 0 Å². The van der Waals surface area contributed by atoms with Gasteiger partial charge in [-0.25, -0.2) is 0 Å². The third kappa shape index (κ3) is 1.70. The third-order valence-electron chi connectivity index (χ3n) is 2.20. The molecule has 0 spiro atoms. The fraction of sp³-hybridized carbons (Fsp3) is 0.300. The Bertz CT molecular complexity index is 352. The van der Waals surface area contributed by atoms with Gasteiger partial charge in [0.05, 0.1) is 0 Å². The molecule has 74 valence electrons. The molecule has 4 nitrogen and oxygen atoms in total. The van der Waals surface area contributed by atoms with Crippen molar-refractivity contribution < 1.29 is 9.53 Å². The molecule has 14 heavy (non-hydrogen) atoms. The molecule has 1 aromatic rings. The number of nitrogens with one attached hydrogen (secondary N) is 1. The second-order valence-corrected chi connectivity index (χ2v) is 3.25. The Morgan fingerprint density at radius 1 is 1.50 bits per heavy atom. The number of carbonyl (C=O) groups is 1. The van der Waals surface area contributed by atoms with Crippen LogP contribution in [0.3, 0.4) is 0 Å². The molecule has 0 bridgehead atoms. The van der Waals surface area contributed by atoms with Crippen LogP contribution in [0.15, 0.2) is 24.3 Å². The van der Waals surface area contributed by atoms with Crippen molar-refractivity contribution in [2.75, 3.05) is 6.54 Å². The van der Waals surface area contributed by atoms with Crippen molar-refractivity contribution in [3.63, 3.8) is 0 Å². The first-order valence-corrected chi connectivity index (χ1v) is 4.52. The maximum atomic E-state index is 11.0. The number of hydrogen-bond acceptors (Lipinski definition) is 3. The minimum absolute atomic E-state index is 0.436. The largest absolute Gasteiger partial charge is 0.479 e. The molecule has 1 aliphatic heterocycles. The molecule has 2 rings (SSSR count). The number of rotatable bonds is 1. The van der Waals surface area contributed by atoms with E-state index in [-0.39, 0.29) is 0 Å². The number of carbonyl (C=O) groups excluding carboxylic acids is 1. The number of amides is 1. The number of para-hydroxylation sites is 1. The molecular weight excluding hydrogens is 180 g/mol. The molecule has 0 radical (unpaired) electrons. The number of ether oxygens (including phenoxy) is 1. The minimum atomic E-state index is -0.571. The first-order chi connectivity index (χ1) is 6.77. The molecule has 1 unspecified atom stereocenters. The van der Waals surface area contributed by atoms with Crippen LogP contribution in [0.5, 0.6) is 5.75 Å². The SMILES string of the molecule is NC(=O)C1CNCc2ccccc2O1. The molecule has 3 N–H and O–H groups in total. The maximum Gasteiger partial charge on any atom is 0.259 e. The Kier molecular flexibility index (Phi) is 2.37. The molecule has 1 aromatic carbocycles. The lowest BCUT2D eigenvalue weighted by atomic mass is 10.2. The van der Waals surface area contributed by atoms with Gasteiger partial charge in [-0.15, -0.1) is 0 Å². The molecular formula is C10H12N2O2. The molecule has 1 heterocycles. The fourth-order valence-corrected chi connectivity index (χ4v) is 1.46. The monoisotopic (exact) mass is 192 g/mol. The van der Waals surface area contributed by atoms with Gasteiger partial charge < -0.3 is 15.8 Å².